The first kappa shape index (κ1) is 20.3. The molecule has 0 amide bonds. The monoisotopic (exact) mass is 464 g/mol. The molecule has 0 unspecified atom stereocenters. The van der Waals surface area contributed by atoms with Crippen molar-refractivity contribution in [3.63, 3.8) is 0 Å². The average molecular weight is 465 g/mol. The molecular formula is C30H20N6. The molecule has 8 bridgehead atoms. The van der Waals surface area contributed by atoms with Crippen LogP contribution in [0.3, 0.4) is 0 Å². The average Bonchev–Trinajstić information content (AvgIpc) is 3.72. The Kier molecular flexibility index (Phi) is 4.67. The van der Waals surface area contributed by atoms with Crippen LogP contribution in [0, 0.1) is 0 Å². The molecular weight excluding hydrogens is 444 g/mol. The first-order valence-corrected chi connectivity index (χ1v) is 11.7. The molecule has 5 aromatic rings. The van der Waals surface area contributed by atoms with E-state index in [2.05, 4.69) is 50.3 Å². The molecule has 7 heterocycles. The Labute approximate surface area is 206 Å². The van der Waals surface area contributed by atoms with Crippen molar-refractivity contribution >= 4 is 46.4 Å². The molecule has 6 heteroatoms. The van der Waals surface area contributed by atoms with E-state index in [4.69, 9.17) is 9.97 Å². The fourth-order valence-corrected chi connectivity index (χ4v) is 4.63. The van der Waals surface area contributed by atoms with Crippen molar-refractivity contribution in [2.75, 3.05) is 0 Å². The number of nitrogens with zero attached hydrogens (tertiary/aromatic N) is 4. The van der Waals surface area contributed by atoms with Gasteiger partial charge in [0.2, 0.25) is 0 Å². The first-order valence-electron chi connectivity index (χ1n) is 11.7. The molecule has 2 aliphatic heterocycles. The fraction of sp³-hybridized carbons (Fsp3) is 0. The summed E-state index contributed by atoms with van der Waals surface area (Å²) in [5.74, 6) is 0. The third kappa shape index (κ3) is 3.61. The molecule has 2 N–H and O–H groups in total. The van der Waals surface area contributed by atoms with Gasteiger partial charge < -0.3 is 9.97 Å². The van der Waals surface area contributed by atoms with E-state index in [9.17, 15) is 0 Å². The molecule has 0 saturated carbocycles. The Morgan fingerprint density at radius 1 is 0.500 bits per heavy atom. The Bertz CT molecular complexity index is 1830. The van der Waals surface area contributed by atoms with Crippen LogP contribution in [0.2, 0.25) is 0 Å². The molecule has 0 saturated heterocycles. The van der Waals surface area contributed by atoms with Gasteiger partial charge in [0.25, 0.3) is 0 Å². The number of rotatable bonds is 2. The lowest BCUT2D eigenvalue weighted by atomic mass is 10.1. The summed E-state index contributed by atoms with van der Waals surface area (Å²) in [6.07, 6.45) is 11.7. The van der Waals surface area contributed by atoms with E-state index in [-0.39, 0.29) is 0 Å². The summed E-state index contributed by atoms with van der Waals surface area (Å²) in [5, 5.41) is 0. The fourth-order valence-electron chi connectivity index (χ4n) is 4.63. The minimum absolute atomic E-state index is 0.814. The van der Waals surface area contributed by atoms with Gasteiger partial charge in [0, 0.05) is 34.5 Å². The lowest BCUT2D eigenvalue weighted by Gasteiger charge is -2.04. The topological polar surface area (TPSA) is 83.1 Å². The van der Waals surface area contributed by atoms with Crippen LogP contribution in [-0.4, -0.2) is 29.9 Å². The molecule has 0 aliphatic carbocycles. The van der Waals surface area contributed by atoms with Crippen molar-refractivity contribution in [3.8, 4) is 22.5 Å². The van der Waals surface area contributed by atoms with Gasteiger partial charge >= 0.3 is 0 Å². The molecule has 0 radical (unpaired) electrons. The standard InChI is InChI=1S/C30H20N6/c1-3-15-31-23(5-1)29-25-11-9-21(34-25)17-19-7-8-20(33-19)18-22-10-12-26(35-22)30(24-6-2-4-16-32-24)28-14-13-27(29)36-28/h1-18,33-34H. The smallest absolute Gasteiger partial charge is 0.0753 e. The molecule has 2 aliphatic rings. The molecule has 0 spiro atoms. The predicted octanol–water partition coefficient (Wildman–Crippen LogP) is 6.78. The van der Waals surface area contributed by atoms with Gasteiger partial charge in [0.15, 0.2) is 0 Å². The Morgan fingerprint density at radius 2 is 1.11 bits per heavy atom. The largest absolute Gasteiger partial charge is 0.355 e. The van der Waals surface area contributed by atoms with E-state index in [1.54, 1.807) is 12.4 Å². The Morgan fingerprint density at radius 3 is 1.86 bits per heavy atom. The van der Waals surface area contributed by atoms with Gasteiger partial charge in [-0.15, -0.1) is 0 Å². The van der Waals surface area contributed by atoms with Crippen molar-refractivity contribution < 1.29 is 0 Å². The third-order valence-electron chi connectivity index (χ3n) is 6.24. The van der Waals surface area contributed by atoms with Crippen LogP contribution in [0.5, 0.6) is 0 Å². The zero-order valence-corrected chi connectivity index (χ0v) is 19.2. The van der Waals surface area contributed by atoms with Gasteiger partial charge in [-0.05, 0) is 85.0 Å². The molecule has 6 nitrogen and oxygen atoms in total. The predicted molar refractivity (Wildman–Crippen MR) is 145 cm³/mol. The number of nitrogens with one attached hydrogen (secondary N) is 2. The summed E-state index contributed by atoms with van der Waals surface area (Å²) >= 11 is 0. The van der Waals surface area contributed by atoms with Gasteiger partial charge in [-0.1, -0.05) is 12.1 Å². The Balaban J connectivity index is 1.64. The van der Waals surface area contributed by atoms with Crippen molar-refractivity contribution in [1.82, 2.24) is 29.9 Å². The summed E-state index contributed by atoms with van der Waals surface area (Å²) < 4.78 is 0. The van der Waals surface area contributed by atoms with Crippen molar-refractivity contribution in [3.05, 3.63) is 108 Å². The van der Waals surface area contributed by atoms with Gasteiger partial charge in [-0.2, -0.15) is 0 Å². The number of pyridine rings is 2. The van der Waals surface area contributed by atoms with Gasteiger partial charge in [0.05, 0.1) is 45.2 Å². The highest BCUT2D eigenvalue weighted by Gasteiger charge is 2.17. The highest BCUT2D eigenvalue weighted by Crippen LogP contribution is 2.33. The minimum atomic E-state index is 0.814. The van der Waals surface area contributed by atoms with E-state index in [1.165, 1.54) is 0 Å². The highest BCUT2D eigenvalue weighted by molar-refractivity contribution is 5.93. The number of fused-ring (bicyclic) bond motifs is 8. The summed E-state index contributed by atoms with van der Waals surface area (Å²) in [6.45, 7) is 0. The second-order valence-electron chi connectivity index (χ2n) is 8.64. The number of hydrogen-bond acceptors (Lipinski definition) is 4. The summed E-state index contributed by atoms with van der Waals surface area (Å²) in [6, 6.07) is 24.2. The van der Waals surface area contributed by atoms with E-state index >= 15 is 0 Å². The summed E-state index contributed by atoms with van der Waals surface area (Å²) in [5.41, 5.74) is 10.8. The summed E-state index contributed by atoms with van der Waals surface area (Å²) in [4.78, 5) is 26.3. The maximum Gasteiger partial charge on any atom is 0.0753 e. The Hall–Kier alpha value is -5.10. The van der Waals surface area contributed by atoms with Crippen molar-refractivity contribution in [1.29, 1.82) is 0 Å². The van der Waals surface area contributed by atoms with E-state index in [0.717, 1.165) is 67.4 Å². The molecule has 0 fully saturated rings. The van der Waals surface area contributed by atoms with Crippen LogP contribution in [0.4, 0.5) is 0 Å². The second-order valence-corrected chi connectivity index (χ2v) is 8.64. The number of hydrogen-bond donors (Lipinski definition) is 2. The zero-order chi connectivity index (χ0) is 23.9. The SMILES string of the molecule is C1=Cc2nc1cc1ccc(cc3ccc([nH]3)c(-c3ccccn3)c3nc(c2-c2ccccn2)C=C3)[nH]1. The van der Waals surface area contributed by atoms with Crippen molar-refractivity contribution in [2.24, 2.45) is 0 Å². The normalized spacial score (nSPS) is 12.2. The van der Waals surface area contributed by atoms with E-state index in [1.807, 2.05) is 66.8 Å². The lowest BCUT2D eigenvalue weighted by molar-refractivity contribution is 1.24. The lowest BCUT2D eigenvalue weighted by Crippen LogP contribution is -1.92. The molecule has 36 heavy (non-hydrogen) atoms. The summed E-state index contributed by atoms with van der Waals surface area (Å²) in [7, 11) is 0. The van der Waals surface area contributed by atoms with Crippen molar-refractivity contribution in [2.45, 2.75) is 0 Å². The van der Waals surface area contributed by atoms with Crippen LogP contribution in [0.25, 0.3) is 68.9 Å². The number of aromatic amines is 2. The molecule has 7 rings (SSSR count). The number of H-pyrrole nitrogens is 2. The van der Waals surface area contributed by atoms with Gasteiger partial charge in [0.1, 0.15) is 0 Å². The van der Waals surface area contributed by atoms with Crippen LogP contribution in [0.1, 0.15) is 22.8 Å². The van der Waals surface area contributed by atoms with E-state index in [0.29, 0.717) is 0 Å². The molecule has 0 aromatic carbocycles. The quantitative estimate of drug-likeness (QED) is 0.295. The first-order chi connectivity index (χ1) is 17.8. The molecule has 0 atom stereocenters. The number of aromatic nitrogens is 6. The molecule has 5 aromatic heterocycles. The van der Waals surface area contributed by atoms with Gasteiger partial charge in [-0.3, -0.25) is 9.97 Å². The van der Waals surface area contributed by atoms with Crippen LogP contribution in [0.15, 0.2) is 85.2 Å². The van der Waals surface area contributed by atoms with Crippen LogP contribution in [-0.2, 0) is 0 Å². The van der Waals surface area contributed by atoms with Gasteiger partial charge in [-0.25, -0.2) is 9.97 Å². The molecule has 170 valence electrons. The third-order valence-corrected chi connectivity index (χ3v) is 6.24. The maximum atomic E-state index is 5.09. The minimum Gasteiger partial charge on any atom is -0.355 e. The van der Waals surface area contributed by atoms with E-state index < -0.39 is 0 Å². The van der Waals surface area contributed by atoms with Crippen LogP contribution < -0.4 is 0 Å². The van der Waals surface area contributed by atoms with Crippen LogP contribution >= 0.6 is 0 Å². The maximum absolute atomic E-state index is 5.09. The highest BCUT2D eigenvalue weighted by atomic mass is 14.8. The zero-order valence-electron chi connectivity index (χ0n) is 19.2. The second kappa shape index (κ2) is 8.29.